The molecule has 1 unspecified atom stereocenters. The Labute approximate surface area is 110 Å². The summed E-state index contributed by atoms with van der Waals surface area (Å²) >= 11 is 0. The van der Waals surface area contributed by atoms with Crippen molar-refractivity contribution in [2.45, 2.75) is 52.3 Å². The fourth-order valence-electron chi connectivity index (χ4n) is 1.38. The minimum absolute atomic E-state index is 0.125. The highest BCUT2D eigenvalue weighted by molar-refractivity contribution is 5.27. The van der Waals surface area contributed by atoms with E-state index < -0.39 is 0 Å². The fourth-order valence-corrected chi connectivity index (χ4v) is 1.38. The van der Waals surface area contributed by atoms with Gasteiger partial charge in [0.25, 0.3) is 0 Å². The maximum atomic E-state index is 9.41. The predicted octanol–water partition coefficient (Wildman–Crippen LogP) is 2.72. The summed E-state index contributed by atoms with van der Waals surface area (Å²) in [6.07, 6.45) is 0.334. The molecule has 3 nitrogen and oxygen atoms in total. The number of aliphatic hydroxyl groups is 1. The minimum Gasteiger partial charge on any atom is -0.491 e. The van der Waals surface area contributed by atoms with Gasteiger partial charge in [-0.05, 0) is 44.9 Å². The maximum Gasteiger partial charge on any atom is 0.119 e. The van der Waals surface area contributed by atoms with Crippen LogP contribution in [0, 0.1) is 0 Å². The van der Waals surface area contributed by atoms with Gasteiger partial charge in [0.05, 0.1) is 6.10 Å². The van der Waals surface area contributed by atoms with Crippen LogP contribution in [0.5, 0.6) is 5.75 Å². The van der Waals surface area contributed by atoms with Crippen molar-refractivity contribution in [2.75, 3.05) is 6.61 Å². The van der Waals surface area contributed by atoms with Gasteiger partial charge < -0.3 is 15.2 Å². The van der Waals surface area contributed by atoms with E-state index in [2.05, 4.69) is 26.1 Å². The summed E-state index contributed by atoms with van der Waals surface area (Å²) in [6.45, 7) is 9.59. The number of hydrogen-bond donors (Lipinski definition) is 2. The highest BCUT2D eigenvalue weighted by Crippen LogP contribution is 2.13. The number of benzene rings is 1. The van der Waals surface area contributed by atoms with Crippen molar-refractivity contribution in [1.82, 2.24) is 5.32 Å². The first-order valence-corrected chi connectivity index (χ1v) is 6.55. The Hall–Kier alpha value is -1.06. The molecule has 0 aliphatic rings. The Morgan fingerprint density at radius 3 is 2.33 bits per heavy atom. The molecule has 0 aliphatic carbocycles. The molecule has 102 valence electrons. The van der Waals surface area contributed by atoms with Crippen LogP contribution >= 0.6 is 0 Å². The van der Waals surface area contributed by atoms with E-state index in [1.165, 1.54) is 5.56 Å². The van der Waals surface area contributed by atoms with E-state index in [-0.39, 0.29) is 11.6 Å². The summed E-state index contributed by atoms with van der Waals surface area (Å²) < 4.78 is 5.49. The van der Waals surface area contributed by atoms with Gasteiger partial charge in [-0.15, -0.1) is 0 Å². The van der Waals surface area contributed by atoms with Gasteiger partial charge >= 0.3 is 0 Å². The molecule has 3 heteroatoms. The van der Waals surface area contributed by atoms with Gasteiger partial charge in [0.15, 0.2) is 0 Å². The molecular formula is C15H25NO2. The van der Waals surface area contributed by atoms with Crippen molar-refractivity contribution < 1.29 is 9.84 Å². The Morgan fingerprint density at radius 2 is 1.83 bits per heavy atom. The Bertz CT molecular complexity index is 341. The molecule has 0 spiro atoms. The monoisotopic (exact) mass is 251 g/mol. The zero-order valence-electron chi connectivity index (χ0n) is 11.9. The van der Waals surface area contributed by atoms with Crippen LogP contribution in [-0.2, 0) is 6.54 Å². The topological polar surface area (TPSA) is 41.5 Å². The van der Waals surface area contributed by atoms with E-state index in [0.717, 1.165) is 12.3 Å². The van der Waals surface area contributed by atoms with Crippen LogP contribution in [0.4, 0.5) is 0 Å². The molecule has 0 saturated carbocycles. The average molecular weight is 251 g/mol. The van der Waals surface area contributed by atoms with Crippen LogP contribution < -0.4 is 10.1 Å². The third-order valence-corrected chi connectivity index (χ3v) is 2.66. The number of ether oxygens (including phenoxy) is 1. The van der Waals surface area contributed by atoms with Crippen molar-refractivity contribution >= 4 is 0 Å². The summed E-state index contributed by atoms with van der Waals surface area (Å²) in [5, 5.41) is 12.8. The van der Waals surface area contributed by atoms with E-state index in [1.54, 1.807) is 0 Å². The first-order valence-electron chi connectivity index (χ1n) is 6.55. The van der Waals surface area contributed by atoms with Crippen LogP contribution in [0.15, 0.2) is 24.3 Å². The first-order chi connectivity index (χ1) is 8.40. The van der Waals surface area contributed by atoms with E-state index in [9.17, 15) is 5.11 Å². The quantitative estimate of drug-likeness (QED) is 0.817. The lowest BCUT2D eigenvalue weighted by Crippen LogP contribution is -2.35. The van der Waals surface area contributed by atoms with Gasteiger partial charge in [0, 0.05) is 12.1 Å². The summed E-state index contributed by atoms with van der Waals surface area (Å²) in [5.41, 5.74) is 1.36. The maximum absolute atomic E-state index is 9.41. The molecule has 0 fully saturated rings. The molecule has 0 bridgehead atoms. The lowest BCUT2D eigenvalue weighted by atomic mass is 10.1. The van der Waals surface area contributed by atoms with Crippen LogP contribution in [0.25, 0.3) is 0 Å². The molecule has 0 aliphatic heterocycles. The van der Waals surface area contributed by atoms with E-state index in [1.807, 2.05) is 31.2 Å². The Morgan fingerprint density at radius 1 is 1.22 bits per heavy atom. The molecule has 0 heterocycles. The number of rotatable bonds is 6. The summed E-state index contributed by atoms with van der Waals surface area (Å²) in [5.74, 6) is 0.807. The zero-order chi connectivity index (χ0) is 13.6. The normalized spacial score (nSPS) is 13.4. The first kappa shape index (κ1) is 15.0. The van der Waals surface area contributed by atoms with Crippen molar-refractivity contribution in [3.05, 3.63) is 29.8 Å². The van der Waals surface area contributed by atoms with Gasteiger partial charge in [0.2, 0.25) is 0 Å². The highest BCUT2D eigenvalue weighted by Gasteiger charge is 2.08. The lowest BCUT2D eigenvalue weighted by molar-refractivity contribution is 0.104. The molecule has 18 heavy (non-hydrogen) atoms. The molecule has 1 aromatic carbocycles. The van der Waals surface area contributed by atoms with Gasteiger partial charge in [-0.3, -0.25) is 0 Å². The standard InChI is InChI=1S/C15H25NO2/c1-5-13(17)11-18-14-8-6-12(7-9-14)10-16-15(2,3)4/h6-9,13,16-17H,5,10-11H2,1-4H3. The molecule has 1 atom stereocenters. The van der Waals surface area contributed by atoms with Gasteiger partial charge in [-0.2, -0.15) is 0 Å². The largest absolute Gasteiger partial charge is 0.491 e. The third kappa shape index (κ3) is 6.03. The molecule has 1 aromatic rings. The van der Waals surface area contributed by atoms with E-state index in [0.29, 0.717) is 13.0 Å². The number of hydrogen-bond acceptors (Lipinski definition) is 3. The fraction of sp³-hybridized carbons (Fsp3) is 0.600. The van der Waals surface area contributed by atoms with Crippen molar-refractivity contribution in [3.8, 4) is 5.75 Å². The van der Waals surface area contributed by atoms with Crippen molar-refractivity contribution in [1.29, 1.82) is 0 Å². The van der Waals surface area contributed by atoms with Crippen LogP contribution in [-0.4, -0.2) is 23.4 Å². The Balaban J connectivity index is 2.42. The predicted molar refractivity (Wildman–Crippen MR) is 74.8 cm³/mol. The van der Waals surface area contributed by atoms with E-state index >= 15 is 0 Å². The molecule has 1 rings (SSSR count). The van der Waals surface area contributed by atoms with Crippen molar-refractivity contribution in [3.63, 3.8) is 0 Å². The van der Waals surface area contributed by atoms with Crippen LogP contribution in [0.1, 0.15) is 39.7 Å². The average Bonchev–Trinajstić information content (AvgIpc) is 2.33. The van der Waals surface area contributed by atoms with Gasteiger partial charge in [0.1, 0.15) is 12.4 Å². The molecule has 0 radical (unpaired) electrons. The number of nitrogens with one attached hydrogen (secondary N) is 1. The highest BCUT2D eigenvalue weighted by atomic mass is 16.5. The second-order valence-corrected chi connectivity index (χ2v) is 5.62. The van der Waals surface area contributed by atoms with E-state index in [4.69, 9.17) is 4.74 Å². The molecule has 2 N–H and O–H groups in total. The van der Waals surface area contributed by atoms with Crippen molar-refractivity contribution in [2.24, 2.45) is 0 Å². The van der Waals surface area contributed by atoms with Crippen LogP contribution in [0.2, 0.25) is 0 Å². The second kappa shape index (κ2) is 6.76. The summed E-state index contributed by atoms with van der Waals surface area (Å²) in [7, 11) is 0. The zero-order valence-corrected chi connectivity index (χ0v) is 11.9. The van der Waals surface area contributed by atoms with Gasteiger partial charge in [-0.25, -0.2) is 0 Å². The summed E-state index contributed by atoms with van der Waals surface area (Å²) in [4.78, 5) is 0. The molecule has 0 saturated heterocycles. The number of aliphatic hydroxyl groups excluding tert-OH is 1. The lowest BCUT2D eigenvalue weighted by Gasteiger charge is -2.20. The second-order valence-electron chi connectivity index (χ2n) is 5.62. The molecule has 0 amide bonds. The molecule has 0 aromatic heterocycles. The minimum atomic E-state index is -0.382. The smallest absolute Gasteiger partial charge is 0.119 e. The summed E-state index contributed by atoms with van der Waals surface area (Å²) in [6, 6.07) is 7.99. The SMILES string of the molecule is CCC(O)COc1ccc(CNC(C)(C)C)cc1. The molecular weight excluding hydrogens is 226 g/mol. The Kier molecular flexibility index (Phi) is 5.63. The van der Waals surface area contributed by atoms with Crippen LogP contribution in [0.3, 0.4) is 0 Å². The van der Waals surface area contributed by atoms with Gasteiger partial charge in [-0.1, -0.05) is 19.1 Å². The third-order valence-electron chi connectivity index (χ3n) is 2.66.